The number of benzene rings is 1. The minimum atomic E-state index is -0.550. The van der Waals surface area contributed by atoms with E-state index >= 15 is 0 Å². The number of hydrogen-bond acceptors (Lipinski definition) is 2. The van der Waals surface area contributed by atoms with Crippen LogP contribution in [0.1, 0.15) is 11.1 Å². The molecule has 0 bridgehead atoms. The molecule has 0 spiro atoms. The maximum absolute atomic E-state index is 13.0. The lowest BCUT2D eigenvalue weighted by molar-refractivity contribution is 0.623. The van der Waals surface area contributed by atoms with Crippen LogP contribution < -0.4 is 5.73 Å². The summed E-state index contributed by atoms with van der Waals surface area (Å²) in [6, 6.07) is 6.08. The summed E-state index contributed by atoms with van der Waals surface area (Å²) < 4.78 is 13.0. The van der Waals surface area contributed by atoms with Gasteiger partial charge in [-0.05, 0) is 12.1 Å². The van der Waals surface area contributed by atoms with Crippen molar-refractivity contribution in [3.05, 3.63) is 35.1 Å². The second-order valence-electron chi connectivity index (χ2n) is 2.28. The highest BCUT2D eigenvalue weighted by molar-refractivity contribution is 5.48. The van der Waals surface area contributed by atoms with Crippen LogP contribution >= 0.6 is 0 Å². The third-order valence-corrected chi connectivity index (χ3v) is 1.45. The molecule has 0 amide bonds. The molecular weight excluding hydrogens is 167 g/mol. The average Bonchev–Trinajstić information content (AvgIpc) is 2.15. The van der Waals surface area contributed by atoms with E-state index in [2.05, 4.69) is 11.8 Å². The Balaban J connectivity index is 3.22. The Morgan fingerprint density at radius 3 is 2.85 bits per heavy atom. The molecule has 0 heterocycles. The van der Waals surface area contributed by atoms with E-state index < -0.39 is 5.82 Å². The van der Waals surface area contributed by atoms with Gasteiger partial charge in [-0.3, -0.25) is 0 Å². The molecule has 1 aromatic rings. The number of rotatable bonds is 0. The molecule has 0 saturated carbocycles. The fourth-order valence-corrected chi connectivity index (χ4v) is 0.888. The Hall–Kier alpha value is -1.84. The number of nitrogens with zero attached hydrogens (tertiary/aromatic N) is 1. The fourth-order valence-electron chi connectivity index (χ4n) is 0.888. The molecule has 3 heteroatoms. The van der Waals surface area contributed by atoms with Crippen molar-refractivity contribution in [3.8, 4) is 17.9 Å². The molecule has 0 aromatic heterocycles. The van der Waals surface area contributed by atoms with Gasteiger partial charge in [-0.25, -0.2) is 4.39 Å². The Morgan fingerprint density at radius 1 is 1.46 bits per heavy atom. The fraction of sp³-hybridized carbons (Fsp3) is 0.100. The number of nitriles is 1. The summed E-state index contributed by atoms with van der Waals surface area (Å²) >= 11 is 0. The van der Waals surface area contributed by atoms with Crippen LogP contribution in [0.4, 0.5) is 4.39 Å². The van der Waals surface area contributed by atoms with Crippen LogP contribution in [-0.4, -0.2) is 6.54 Å². The molecule has 13 heavy (non-hydrogen) atoms. The van der Waals surface area contributed by atoms with Gasteiger partial charge in [-0.2, -0.15) is 5.26 Å². The SMILES string of the molecule is N#Cc1c(F)cccc1C#CCN. The van der Waals surface area contributed by atoms with E-state index in [0.29, 0.717) is 5.56 Å². The summed E-state index contributed by atoms with van der Waals surface area (Å²) in [5.74, 6) is 4.64. The van der Waals surface area contributed by atoms with Crippen LogP contribution in [-0.2, 0) is 0 Å². The summed E-state index contributed by atoms with van der Waals surface area (Å²) in [6.07, 6.45) is 0. The van der Waals surface area contributed by atoms with E-state index in [9.17, 15) is 4.39 Å². The molecule has 0 saturated heterocycles. The molecule has 0 radical (unpaired) electrons. The molecule has 0 aliphatic heterocycles. The molecular formula is C10H7FN2. The monoisotopic (exact) mass is 174 g/mol. The van der Waals surface area contributed by atoms with Crippen molar-refractivity contribution >= 4 is 0 Å². The summed E-state index contributed by atoms with van der Waals surface area (Å²) in [6.45, 7) is 0.196. The van der Waals surface area contributed by atoms with Gasteiger partial charge >= 0.3 is 0 Å². The van der Waals surface area contributed by atoms with Gasteiger partial charge in [0.25, 0.3) is 0 Å². The molecule has 0 aliphatic carbocycles. The molecule has 1 rings (SSSR count). The van der Waals surface area contributed by atoms with E-state index in [-0.39, 0.29) is 12.1 Å². The van der Waals surface area contributed by atoms with Crippen LogP contribution in [0, 0.1) is 29.0 Å². The van der Waals surface area contributed by atoms with Gasteiger partial charge < -0.3 is 5.73 Å². The highest BCUT2D eigenvalue weighted by Crippen LogP contribution is 2.10. The maximum atomic E-state index is 13.0. The minimum Gasteiger partial charge on any atom is -0.320 e. The van der Waals surface area contributed by atoms with Crippen molar-refractivity contribution in [3.63, 3.8) is 0 Å². The van der Waals surface area contributed by atoms with Crippen molar-refractivity contribution in [2.45, 2.75) is 0 Å². The van der Waals surface area contributed by atoms with Gasteiger partial charge in [0, 0.05) is 5.56 Å². The average molecular weight is 174 g/mol. The summed E-state index contributed by atoms with van der Waals surface area (Å²) in [5, 5.41) is 8.61. The van der Waals surface area contributed by atoms with Gasteiger partial charge in [0.2, 0.25) is 0 Å². The quantitative estimate of drug-likeness (QED) is 0.596. The van der Waals surface area contributed by atoms with Crippen molar-refractivity contribution < 1.29 is 4.39 Å². The predicted molar refractivity (Wildman–Crippen MR) is 47.0 cm³/mol. The van der Waals surface area contributed by atoms with Crippen molar-refractivity contribution in [1.82, 2.24) is 0 Å². The Kier molecular flexibility index (Phi) is 3.03. The van der Waals surface area contributed by atoms with Crippen LogP contribution in [0.5, 0.6) is 0 Å². The van der Waals surface area contributed by atoms with Gasteiger partial charge in [0.05, 0.1) is 6.54 Å². The number of nitrogens with two attached hydrogens (primary N) is 1. The van der Waals surface area contributed by atoms with E-state index in [1.807, 2.05) is 0 Å². The van der Waals surface area contributed by atoms with Crippen LogP contribution in [0.2, 0.25) is 0 Å². The van der Waals surface area contributed by atoms with Gasteiger partial charge in [-0.15, -0.1) is 0 Å². The number of hydrogen-bond donors (Lipinski definition) is 1. The zero-order chi connectivity index (χ0) is 9.68. The molecule has 0 atom stereocenters. The van der Waals surface area contributed by atoms with E-state index in [4.69, 9.17) is 11.0 Å². The Labute approximate surface area is 75.8 Å². The van der Waals surface area contributed by atoms with E-state index in [0.717, 1.165) is 0 Å². The molecule has 2 N–H and O–H groups in total. The standard InChI is InChI=1S/C10H7FN2/c11-10-5-1-3-8(4-2-6-12)9(10)7-13/h1,3,5H,6,12H2. The van der Waals surface area contributed by atoms with Crippen molar-refractivity contribution in [2.75, 3.05) is 6.54 Å². The smallest absolute Gasteiger partial charge is 0.142 e. The third kappa shape index (κ3) is 2.05. The highest BCUT2D eigenvalue weighted by Gasteiger charge is 2.04. The second kappa shape index (κ2) is 4.25. The summed E-state index contributed by atoms with van der Waals surface area (Å²) in [7, 11) is 0. The predicted octanol–water partition coefficient (Wildman–Crippen LogP) is 1.01. The molecule has 2 nitrogen and oxygen atoms in total. The van der Waals surface area contributed by atoms with Crippen molar-refractivity contribution in [1.29, 1.82) is 5.26 Å². The van der Waals surface area contributed by atoms with Gasteiger partial charge in [-0.1, -0.05) is 17.9 Å². The largest absolute Gasteiger partial charge is 0.320 e. The minimum absolute atomic E-state index is 0.0246. The molecule has 64 valence electrons. The lowest BCUT2D eigenvalue weighted by atomic mass is 10.1. The first-order valence-electron chi connectivity index (χ1n) is 3.67. The summed E-state index contributed by atoms with van der Waals surface area (Å²) in [5.41, 5.74) is 5.51. The van der Waals surface area contributed by atoms with Crippen LogP contribution in [0.15, 0.2) is 18.2 Å². The number of halogens is 1. The third-order valence-electron chi connectivity index (χ3n) is 1.45. The van der Waals surface area contributed by atoms with E-state index in [1.54, 1.807) is 12.1 Å². The first kappa shape index (κ1) is 9.25. The van der Waals surface area contributed by atoms with Gasteiger partial charge in [0.1, 0.15) is 17.4 Å². The zero-order valence-corrected chi connectivity index (χ0v) is 6.84. The lowest BCUT2D eigenvalue weighted by Crippen LogP contribution is -1.94. The van der Waals surface area contributed by atoms with Gasteiger partial charge in [0.15, 0.2) is 0 Å². The van der Waals surface area contributed by atoms with Crippen molar-refractivity contribution in [2.24, 2.45) is 5.73 Å². The first-order valence-corrected chi connectivity index (χ1v) is 3.67. The molecule has 0 unspecified atom stereocenters. The molecule has 0 aliphatic rings. The topological polar surface area (TPSA) is 49.8 Å². The summed E-state index contributed by atoms with van der Waals surface area (Å²) in [4.78, 5) is 0. The second-order valence-corrected chi connectivity index (χ2v) is 2.28. The maximum Gasteiger partial charge on any atom is 0.142 e. The Morgan fingerprint density at radius 2 is 2.23 bits per heavy atom. The zero-order valence-electron chi connectivity index (χ0n) is 6.84. The van der Waals surface area contributed by atoms with Crippen LogP contribution in [0.3, 0.4) is 0 Å². The van der Waals surface area contributed by atoms with E-state index in [1.165, 1.54) is 12.1 Å². The van der Waals surface area contributed by atoms with Crippen LogP contribution in [0.25, 0.3) is 0 Å². The molecule has 0 fully saturated rings. The molecule has 1 aromatic carbocycles. The first-order chi connectivity index (χ1) is 6.29. The Bertz CT molecular complexity index is 407. The lowest BCUT2D eigenvalue weighted by Gasteiger charge is -1.95. The normalized spacial score (nSPS) is 8.38. The highest BCUT2D eigenvalue weighted by atomic mass is 19.1.